The fourth-order valence-electron chi connectivity index (χ4n) is 2.96. The maximum atomic E-state index is 5.80. The van der Waals surface area contributed by atoms with E-state index in [-0.39, 0.29) is 0 Å². The third-order valence-electron chi connectivity index (χ3n) is 4.27. The van der Waals surface area contributed by atoms with Crippen molar-refractivity contribution >= 4 is 0 Å². The van der Waals surface area contributed by atoms with Gasteiger partial charge < -0.3 is 10.1 Å². The lowest BCUT2D eigenvalue weighted by Gasteiger charge is -2.31. The molecule has 0 saturated carbocycles. The second-order valence-electron chi connectivity index (χ2n) is 6.13. The first kappa shape index (κ1) is 16.3. The first-order chi connectivity index (χ1) is 10.3. The standard InChI is InChI=1S/C18H30N2O/c1-3-4-12-21-18-7-5-6-17(13-18)15-20-10-8-16(9-11-20)14-19-2/h5-7,13,16,19H,3-4,8-12,14-15H2,1-2H3. The molecule has 1 aliphatic rings. The number of nitrogens with zero attached hydrogens (tertiary/aromatic N) is 1. The van der Waals surface area contributed by atoms with E-state index in [1.807, 2.05) is 0 Å². The summed E-state index contributed by atoms with van der Waals surface area (Å²) in [6.07, 6.45) is 4.94. The van der Waals surface area contributed by atoms with E-state index in [9.17, 15) is 0 Å². The van der Waals surface area contributed by atoms with Crippen LogP contribution in [0.4, 0.5) is 0 Å². The SMILES string of the molecule is CCCCOc1cccc(CN2CCC(CNC)CC2)c1. The minimum absolute atomic E-state index is 0.829. The molecule has 0 bridgehead atoms. The first-order valence-corrected chi connectivity index (χ1v) is 8.40. The Morgan fingerprint density at radius 3 is 2.81 bits per heavy atom. The van der Waals surface area contributed by atoms with Crippen LogP contribution in [0.15, 0.2) is 24.3 Å². The van der Waals surface area contributed by atoms with Crippen molar-refractivity contribution in [3.63, 3.8) is 0 Å². The van der Waals surface area contributed by atoms with Gasteiger partial charge >= 0.3 is 0 Å². The molecule has 0 spiro atoms. The topological polar surface area (TPSA) is 24.5 Å². The molecule has 2 rings (SSSR count). The maximum Gasteiger partial charge on any atom is 0.119 e. The number of rotatable bonds is 8. The Kier molecular flexibility index (Phi) is 7.04. The predicted molar refractivity (Wildman–Crippen MR) is 88.8 cm³/mol. The van der Waals surface area contributed by atoms with E-state index in [0.29, 0.717) is 0 Å². The number of nitrogens with one attached hydrogen (secondary N) is 1. The molecule has 1 saturated heterocycles. The lowest BCUT2D eigenvalue weighted by molar-refractivity contribution is 0.176. The monoisotopic (exact) mass is 290 g/mol. The van der Waals surface area contributed by atoms with Gasteiger partial charge in [0.2, 0.25) is 0 Å². The molecule has 1 fully saturated rings. The van der Waals surface area contributed by atoms with Crippen LogP contribution in [-0.4, -0.2) is 38.2 Å². The molecule has 0 aromatic heterocycles. The predicted octanol–water partition coefficient (Wildman–Crippen LogP) is 3.30. The number of piperidine rings is 1. The summed E-state index contributed by atoms with van der Waals surface area (Å²) < 4.78 is 5.80. The van der Waals surface area contributed by atoms with Crippen molar-refractivity contribution in [3.05, 3.63) is 29.8 Å². The molecule has 0 unspecified atom stereocenters. The fourth-order valence-corrected chi connectivity index (χ4v) is 2.96. The molecule has 21 heavy (non-hydrogen) atoms. The highest BCUT2D eigenvalue weighted by atomic mass is 16.5. The maximum absolute atomic E-state index is 5.80. The Hall–Kier alpha value is -1.06. The van der Waals surface area contributed by atoms with Crippen molar-refractivity contribution in [2.75, 3.05) is 33.3 Å². The summed E-state index contributed by atoms with van der Waals surface area (Å²) in [5.74, 6) is 1.88. The third kappa shape index (κ3) is 5.68. The van der Waals surface area contributed by atoms with Crippen molar-refractivity contribution < 1.29 is 4.74 Å². The normalized spacial score (nSPS) is 17.0. The van der Waals surface area contributed by atoms with E-state index < -0.39 is 0 Å². The van der Waals surface area contributed by atoms with E-state index in [2.05, 4.69) is 48.5 Å². The zero-order valence-electron chi connectivity index (χ0n) is 13.6. The van der Waals surface area contributed by atoms with Gasteiger partial charge in [-0.3, -0.25) is 4.90 Å². The summed E-state index contributed by atoms with van der Waals surface area (Å²) in [5, 5.41) is 3.30. The van der Waals surface area contributed by atoms with Crippen molar-refractivity contribution in [2.45, 2.75) is 39.2 Å². The Morgan fingerprint density at radius 2 is 2.10 bits per heavy atom. The average molecular weight is 290 g/mol. The van der Waals surface area contributed by atoms with Crippen molar-refractivity contribution in [2.24, 2.45) is 5.92 Å². The molecule has 1 N–H and O–H groups in total. The highest BCUT2D eigenvalue weighted by molar-refractivity contribution is 5.28. The fraction of sp³-hybridized carbons (Fsp3) is 0.667. The highest BCUT2D eigenvalue weighted by Gasteiger charge is 2.18. The third-order valence-corrected chi connectivity index (χ3v) is 4.27. The van der Waals surface area contributed by atoms with Crippen molar-refractivity contribution in [1.82, 2.24) is 10.2 Å². The van der Waals surface area contributed by atoms with Gasteiger partial charge in [0.1, 0.15) is 5.75 Å². The molecule has 3 heteroatoms. The van der Waals surface area contributed by atoms with E-state index in [4.69, 9.17) is 4.74 Å². The summed E-state index contributed by atoms with van der Waals surface area (Å²) in [6.45, 7) is 7.67. The number of benzene rings is 1. The molecule has 1 heterocycles. The largest absolute Gasteiger partial charge is 0.494 e. The van der Waals surface area contributed by atoms with Gasteiger partial charge in [-0.2, -0.15) is 0 Å². The second kappa shape index (κ2) is 9.06. The Balaban J connectivity index is 1.79. The van der Waals surface area contributed by atoms with Crippen LogP contribution in [0.3, 0.4) is 0 Å². The molecule has 1 aromatic rings. The molecule has 118 valence electrons. The summed E-state index contributed by atoms with van der Waals surface area (Å²) in [7, 11) is 2.05. The Labute approximate surface area is 129 Å². The minimum Gasteiger partial charge on any atom is -0.494 e. The average Bonchev–Trinajstić information content (AvgIpc) is 2.50. The summed E-state index contributed by atoms with van der Waals surface area (Å²) in [4.78, 5) is 2.57. The molecule has 0 aliphatic carbocycles. The number of likely N-dealkylation sites (tertiary alicyclic amines) is 1. The van der Waals surface area contributed by atoms with Crippen LogP contribution < -0.4 is 10.1 Å². The van der Waals surface area contributed by atoms with Crippen molar-refractivity contribution in [3.8, 4) is 5.75 Å². The quantitative estimate of drug-likeness (QED) is 0.744. The van der Waals surface area contributed by atoms with Crippen LogP contribution in [0, 0.1) is 5.92 Å². The van der Waals surface area contributed by atoms with E-state index in [1.54, 1.807) is 0 Å². The van der Waals surface area contributed by atoms with Crippen LogP contribution in [-0.2, 0) is 6.54 Å². The van der Waals surface area contributed by atoms with Gasteiger partial charge in [0.15, 0.2) is 0 Å². The van der Waals surface area contributed by atoms with E-state index in [0.717, 1.165) is 37.8 Å². The number of ether oxygens (including phenoxy) is 1. The van der Waals surface area contributed by atoms with Gasteiger partial charge in [-0.15, -0.1) is 0 Å². The van der Waals surface area contributed by atoms with Crippen LogP contribution in [0.5, 0.6) is 5.75 Å². The van der Waals surface area contributed by atoms with Gasteiger partial charge in [-0.25, -0.2) is 0 Å². The number of hydrogen-bond donors (Lipinski definition) is 1. The molecule has 3 nitrogen and oxygen atoms in total. The minimum atomic E-state index is 0.829. The van der Waals surface area contributed by atoms with Gasteiger partial charge in [0, 0.05) is 6.54 Å². The molecule has 1 aliphatic heterocycles. The summed E-state index contributed by atoms with van der Waals surface area (Å²) in [6, 6.07) is 8.60. The van der Waals surface area contributed by atoms with Crippen LogP contribution in [0.25, 0.3) is 0 Å². The highest BCUT2D eigenvalue weighted by Crippen LogP contribution is 2.20. The second-order valence-corrected chi connectivity index (χ2v) is 6.13. The lowest BCUT2D eigenvalue weighted by atomic mass is 9.96. The number of unbranched alkanes of at least 4 members (excludes halogenated alkanes) is 1. The zero-order valence-corrected chi connectivity index (χ0v) is 13.6. The van der Waals surface area contributed by atoms with Gasteiger partial charge in [0.25, 0.3) is 0 Å². The number of hydrogen-bond acceptors (Lipinski definition) is 3. The van der Waals surface area contributed by atoms with Gasteiger partial charge in [0.05, 0.1) is 6.61 Å². The Bertz CT molecular complexity index is 400. The smallest absolute Gasteiger partial charge is 0.119 e. The molecule has 0 amide bonds. The zero-order chi connectivity index (χ0) is 14.9. The molecular weight excluding hydrogens is 260 g/mol. The molecule has 0 radical (unpaired) electrons. The van der Waals surface area contributed by atoms with Crippen molar-refractivity contribution in [1.29, 1.82) is 0 Å². The Morgan fingerprint density at radius 1 is 1.29 bits per heavy atom. The summed E-state index contributed by atoms with van der Waals surface area (Å²) in [5.41, 5.74) is 1.37. The van der Waals surface area contributed by atoms with Gasteiger partial charge in [-0.05, 0) is 69.6 Å². The van der Waals surface area contributed by atoms with Crippen LogP contribution in [0.1, 0.15) is 38.2 Å². The van der Waals surface area contributed by atoms with Crippen LogP contribution >= 0.6 is 0 Å². The summed E-state index contributed by atoms with van der Waals surface area (Å²) >= 11 is 0. The van der Waals surface area contributed by atoms with E-state index >= 15 is 0 Å². The molecular formula is C18H30N2O. The molecule has 1 aromatic carbocycles. The first-order valence-electron chi connectivity index (χ1n) is 8.40. The lowest BCUT2D eigenvalue weighted by Crippen LogP contribution is -2.36. The molecule has 0 atom stereocenters. The van der Waals surface area contributed by atoms with E-state index in [1.165, 1.54) is 37.9 Å². The van der Waals surface area contributed by atoms with Crippen LogP contribution in [0.2, 0.25) is 0 Å². The van der Waals surface area contributed by atoms with Gasteiger partial charge in [-0.1, -0.05) is 25.5 Å².